The molecule has 0 saturated heterocycles. The molecule has 1 atom stereocenters. The average Bonchev–Trinajstić information content (AvgIpc) is 2.53. The molecule has 1 saturated carbocycles. The lowest BCUT2D eigenvalue weighted by Gasteiger charge is -2.30. The van der Waals surface area contributed by atoms with Crippen LogP contribution in [0.25, 0.3) is 0 Å². The molecule has 0 aliphatic heterocycles. The predicted octanol–water partition coefficient (Wildman–Crippen LogP) is 4.67. The predicted molar refractivity (Wildman–Crippen MR) is 87.2 cm³/mol. The molecule has 1 aromatic carbocycles. The molecule has 3 heteroatoms. The number of hydrogen-bond acceptors (Lipinski definition) is 1. The van der Waals surface area contributed by atoms with Gasteiger partial charge in [-0.1, -0.05) is 54.2 Å². The van der Waals surface area contributed by atoms with Gasteiger partial charge in [-0.3, -0.25) is 4.79 Å². The summed E-state index contributed by atoms with van der Waals surface area (Å²) in [6, 6.07) is 8.17. The lowest BCUT2D eigenvalue weighted by molar-refractivity contribution is 0.0911. The van der Waals surface area contributed by atoms with Gasteiger partial charge in [0.2, 0.25) is 0 Å². The fourth-order valence-electron chi connectivity index (χ4n) is 3.09. The average molecular weight is 338 g/mol. The molecular weight excluding hydrogens is 314 g/mol. The first-order valence-corrected chi connectivity index (χ1v) is 8.82. The van der Waals surface area contributed by atoms with Crippen molar-refractivity contribution in [3.63, 3.8) is 0 Å². The van der Waals surface area contributed by atoms with Gasteiger partial charge in [0.1, 0.15) is 0 Å². The van der Waals surface area contributed by atoms with Gasteiger partial charge in [-0.15, -0.1) is 0 Å². The first-order valence-electron chi connectivity index (χ1n) is 7.70. The minimum atomic E-state index is 0.0727. The lowest BCUT2D eigenvalue weighted by Crippen LogP contribution is -2.40. The SMILES string of the molecule is CCC(NC(=O)c1ccc(CBr)cc1)C1CCCCC1. The van der Waals surface area contributed by atoms with Crippen molar-refractivity contribution in [3.8, 4) is 0 Å². The van der Waals surface area contributed by atoms with Crippen LogP contribution in [0.2, 0.25) is 0 Å². The van der Waals surface area contributed by atoms with E-state index in [0.29, 0.717) is 12.0 Å². The Bertz CT molecular complexity index is 423. The monoisotopic (exact) mass is 337 g/mol. The Morgan fingerprint density at radius 1 is 1.25 bits per heavy atom. The lowest BCUT2D eigenvalue weighted by atomic mass is 9.83. The quantitative estimate of drug-likeness (QED) is 0.777. The molecule has 0 bridgehead atoms. The molecule has 1 amide bonds. The highest BCUT2D eigenvalue weighted by Crippen LogP contribution is 2.27. The molecule has 1 N–H and O–H groups in total. The highest BCUT2D eigenvalue weighted by Gasteiger charge is 2.23. The van der Waals surface area contributed by atoms with E-state index in [-0.39, 0.29) is 5.91 Å². The molecule has 0 spiro atoms. The Balaban J connectivity index is 1.96. The minimum Gasteiger partial charge on any atom is -0.349 e. The maximum absolute atomic E-state index is 12.3. The second-order valence-corrected chi connectivity index (χ2v) is 6.28. The van der Waals surface area contributed by atoms with Crippen LogP contribution < -0.4 is 5.32 Å². The van der Waals surface area contributed by atoms with Crippen molar-refractivity contribution < 1.29 is 4.79 Å². The summed E-state index contributed by atoms with van der Waals surface area (Å²) in [5, 5.41) is 4.07. The zero-order valence-electron chi connectivity index (χ0n) is 12.2. The minimum absolute atomic E-state index is 0.0727. The van der Waals surface area contributed by atoms with Gasteiger partial charge in [0.15, 0.2) is 0 Å². The van der Waals surface area contributed by atoms with E-state index in [4.69, 9.17) is 0 Å². The molecular formula is C17H24BrNO. The van der Waals surface area contributed by atoms with Crippen molar-refractivity contribution in [3.05, 3.63) is 35.4 Å². The van der Waals surface area contributed by atoms with E-state index in [1.165, 1.54) is 37.7 Å². The molecule has 2 nitrogen and oxygen atoms in total. The van der Waals surface area contributed by atoms with E-state index in [0.717, 1.165) is 17.3 Å². The number of carbonyl (C=O) groups is 1. The summed E-state index contributed by atoms with van der Waals surface area (Å²) in [6.07, 6.45) is 7.54. The van der Waals surface area contributed by atoms with Crippen LogP contribution in [0.1, 0.15) is 61.4 Å². The van der Waals surface area contributed by atoms with Crippen molar-refractivity contribution in [2.24, 2.45) is 5.92 Å². The molecule has 1 aliphatic rings. The van der Waals surface area contributed by atoms with Crippen LogP contribution in [0.4, 0.5) is 0 Å². The van der Waals surface area contributed by atoms with Gasteiger partial charge in [0, 0.05) is 16.9 Å². The van der Waals surface area contributed by atoms with Gasteiger partial charge in [0.25, 0.3) is 5.91 Å². The molecule has 1 aromatic rings. The van der Waals surface area contributed by atoms with Crippen LogP contribution in [-0.2, 0) is 5.33 Å². The number of nitrogens with one attached hydrogen (secondary N) is 1. The smallest absolute Gasteiger partial charge is 0.251 e. The van der Waals surface area contributed by atoms with E-state index in [9.17, 15) is 4.79 Å². The van der Waals surface area contributed by atoms with Crippen LogP contribution in [0.5, 0.6) is 0 Å². The van der Waals surface area contributed by atoms with E-state index in [1.54, 1.807) is 0 Å². The third-order valence-corrected chi connectivity index (χ3v) is 4.99. The third-order valence-electron chi connectivity index (χ3n) is 4.35. The fraction of sp³-hybridized carbons (Fsp3) is 0.588. The highest BCUT2D eigenvalue weighted by atomic mass is 79.9. The molecule has 20 heavy (non-hydrogen) atoms. The molecule has 2 rings (SSSR count). The number of halogens is 1. The first-order chi connectivity index (χ1) is 9.74. The van der Waals surface area contributed by atoms with E-state index in [2.05, 4.69) is 28.2 Å². The van der Waals surface area contributed by atoms with Crippen molar-refractivity contribution in [2.75, 3.05) is 0 Å². The van der Waals surface area contributed by atoms with Gasteiger partial charge in [-0.25, -0.2) is 0 Å². The van der Waals surface area contributed by atoms with Gasteiger partial charge in [0.05, 0.1) is 0 Å². The van der Waals surface area contributed by atoms with Gasteiger partial charge < -0.3 is 5.32 Å². The molecule has 110 valence electrons. The van der Waals surface area contributed by atoms with Crippen molar-refractivity contribution >= 4 is 21.8 Å². The van der Waals surface area contributed by atoms with Crippen molar-refractivity contribution in [2.45, 2.75) is 56.8 Å². The summed E-state index contributed by atoms with van der Waals surface area (Å²) in [5.74, 6) is 0.739. The Labute approximate surface area is 130 Å². The van der Waals surface area contributed by atoms with Crippen LogP contribution >= 0.6 is 15.9 Å². The van der Waals surface area contributed by atoms with Crippen LogP contribution in [-0.4, -0.2) is 11.9 Å². The summed E-state index contributed by atoms with van der Waals surface area (Å²) >= 11 is 3.42. The van der Waals surface area contributed by atoms with Crippen molar-refractivity contribution in [1.82, 2.24) is 5.32 Å². The second-order valence-electron chi connectivity index (χ2n) is 5.72. The first kappa shape index (κ1) is 15.6. The molecule has 1 aliphatic carbocycles. The zero-order valence-corrected chi connectivity index (χ0v) is 13.8. The van der Waals surface area contributed by atoms with Crippen molar-refractivity contribution in [1.29, 1.82) is 0 Å². The van der Waals surface area contributed by atoms with Crippen LogP contribution in [0.3, 0.4) is 0 Å². The number of hydrogen-bond donors (Lipinski definition) is 1. The number of rotatable bonds is 5. The normalized spacial score (nSPS) is 17.7. The molecule has 1 fully saturated rings. The Hall–Kier alpha value is -0.830. The number of benzene rings is 1. The summed E-state index contributed by atoms with van der Waals surface area (Å²) < 4.78 is 0. The molecule has 0 aromatic heterocycles. The molecule has 1 unspecified atom stereocenters. The van der Waals surface area contributed by atoms with Crippen LogP contribution in [0, 0.1) is 5.92 Å². The summed E-state index contributed by atoms with van der Waals surface area (Å²) in [7, 11) is 0. The number of amides is 1. The van der Waals surface area contributed by atoms with Crippen LogP contribution in [0.15, 0.2) is 24.3 Å². The molecule has 0 heterocycles. The summed E-state index contributed by atoms with van der Waals surface area (Å²) in [5.41, 5.74) is 1.96. The number of carbonyl (C=O) groups excluding carboxylic acids is 1. The summed E-state index contributed by atoms with van der Waals surface area (Å²) in [6.45, 7) is 2.17. The maximum atomic E-state index is 12.3. The Morgan fingerprint density at radius 3 is 2.45 bits per heavy atom. The van der Waals surface area contributed by atoms with Gasteiger partial charge in [-0.05, 0) is 42.9 Å². The summed E-state index contributed by atoms with van der Waals surface area (Å²) in [4.78, 5) is 12.3. The maximum Gasteiger partial charge on any atom is 0.251 e. The standard InChI is InChI=1S/C17H24BrNO/c1-2-16(14-6-4-3-5-7-14)19-17(20)15-10-8-13(12-18)9-11-15/h8-11,14,16H,2-7,12H2,1H3,(H,19,20). The van der Waals surface area contributed by atoms with E-state index in [1.807, 2.05) is 24.3 Å². The Kier molecular flexibility index (Phi) is 6.08. The fourth-order valence-corrected chi connectivity index (χ4v) is 3.46. The zero-order chi connectivity index (χ0) is 14.4. The largest absolute Gasteiger partial charge is 0.349 e. The van der Waals surface area contributed by atoms with Gasteiger partial charge in [-0.2, -0.15) is 0 Å². The number of alkyl halides is 1. The highest BCUT2D eigenvalue weighted by molar-refractivity contribution is 9.08. The topological polar surface area (TPSA) is 29.1 Å². The second kappa shape index (κ2) is 7.82. The van der Waals surface area contributed by atoms with E-state index < -0.39 is 0 Å². The third kappa shape index (κ3) is 4.08. The molecule has 0 radical (unpaired) electrons. The van der Waals surface area contributed by atoms with Gasteiger partial charge >= 0.3 is 0 Å². The van der Waals surface area contributed by atoms with E-state index >= 15 is 0 Å². The Morgan fingerprint density at radius 2 is 1.90 bits per heavy atom.